The number of carbonyl (C=O) groups excluding carboxylic acids is 2. The maximum atomic E-state index is 12.0. The molecule has 0 atom stereocenters. The molecular weight excluding hydrogens is 234 g/mol. The molecule has 6 heteroatoms. The van der Waals surface area contributed by atoms with Crippen LogP contribution < -0.4 is 0 Å². The molecule has 0 aliphatic carbocycles. The smallest absolute Gasteiger partial charge is 0.358 e. The SMILES string of the molecule is COC(=O)c1cc2c(nn1)C(=O)N1CCCC=C21. The Balaban J connectivity index is 2.12. The van der Waals surface area contributed by atoms with Crippen LogP contribution in [-0.4, -0.2) is 40.6 Å². The zero-order chi connectivity index (χ0) is 12.7. The quantitative estimate of drug-likeness (QED) is 0.686. The molecule has 3 rings (SSSR count). The van der Waals surface area contributed by atoms with E-state index < -0.39 is 5.97 Å². The number of nitrogens with zero attached hydrogens (tertiary/aromatic N) is 3. The predicted octanol–water partition coefficient (Wildman–Crippen LogP) is 0.854. The number of carbonyl (C=O) groups is 2. The number of aromatic nitrogens is 2. The van der Waals surface area contributed by atoms with Crippen LogP contribution in [0.1, 0.15) is 39.4 Å². The Kier molecular flexibility index (Phi) is 2.36. The van der Waals surface area contributed by atoms with E-state index in [9.17, 15) is 9.59 Å². The van der Waals surface area contributed by atoms with E-state index in [1.807, 2.05) is 6.08 Å². The second kappa shape index (κ2) is 3.90. The molecular formula is C12H11N3O3. The Hall–Kier alpha value is -2.24. The highest BCUT2D eigenvalue weighted by atomic mass is 16.5. The summed E-state index contributed by atoms with van der Waals surface area (Å²) in [5.74, 6) is -0.688. The number of hydrogen-bond donors (Lipinski definition) is 0. The highest BCUT2D eigenvalue weighted by Gasteiger charge is 2.35. The van der Waals surface area contributed by atoms with Crippen molar-refractivity contribution in [2.75, 3.05) is 13.7 Å². The largest absolute Gasteiger partial charge is 0.464 e. The average molecular weight is 245 g/mol. The Bertz CT molecular complexity index is 580. The number of fused-ring (bicyclic) bond motifs is 3. The van der Waals surface area contributed by atoms with Crippen LogP contribution in [0.25, 0.3) is 5.70 Å². The second-order valence-electron chi connectivity index (χ2n) is 4.17. The van der Waals surface area contributed by atoms with Crippen LogP contribution in [0.2, 0.25) is 0 Å². The molecule has 1 aromatic heterocycles. The molecule has 18 heavy (non-hydrogen) atoms. The van der Waals surface area contributed by atoms with Crippen LogP contribution in [0.15, 0.2) is 12.1 Å². The number of esters is 1. The molecule has 0 aromatic carbocycles. The number of allylic oxidation sites excluding steroid dienone is 1. The zero-order valence-electron chi connectivity index (χ0n) is 9.84. The van der Waals surface area contributed by atoms with E-state index in [4.69, 9.17) is 0 Å². The van der Waals surface area contributed by atoms with Crippen molar-refractivity contribution < 1.29 is 14.3 Å². The molecule has 1 aromatic rings. The van der Waals surface area contributed by atoms with Crippen molar-refractivity contribution in [3.05, 3.63) is 29.1 Å². The maximum Gasteiger partial charge on any atom is 0.358 e. The van der Waals surface area contributed by atoms with E-state index in [0.717, 1.165) is 18.5 Å². The summed E-state index contributed by atoms with van der Waals surface area (Å²) in [4.78, 5) is 25.1. The van der Waals surface area contributed by atoms with Crippen molar-refractivity contribution in [1.29, 1.82) is 0 Å². The summed E-state index contributed by atoms with van der Waals surface area (Å²) in [6.07, 6.45) is 3.87. The lowest BCUT2D eigenvalue weighted by Crippen LogP contribution is -2.26. The summed E-state index contributed by atoms with van der Waals surface area (Å²) in [5.41, 5.74) is 1.95. The zero-order valence-corrected chi connectivity index (χ0v) is 9.84. The fourth-order valence-electron chi connectivity index (χ4n) is 2.26. The van der Waals surface area contributed by atoms with Gasteiger partial charge in [-0.3, -0.25) is 4.79 Å². The van der Waals surface area contributed by atoms with Gasteiger partial charge in [0.2, 0.25) is 0 Å². The summed E-state index contributed by atoms with van der Waals surface area (Å²) in [6, 6.07) is 1.57. The Labute approximate surface area is 103 Å². The molecule has 0 radical (unpaired) electrons. The van der Waals surface area contributed by atoms with E-state index in [1.54, 1.807) is 11.0 Å². The first-order valence-electron chi connectivity index (χ1n) is 5.71. The van der Waals surface area contributed by atoms with E-state index in [1.165, 1.54) is 7.11 Å². The van der Waals surface area contributed by atoms with Gasteiger partial charge in [0, 0.05) is 17.8 Å². The fourth-order valence-corrected chi connectivity index (χ4v) is 2.26. The Morgan fingerprint density at radius 3 is 3.06 bits per heavy atom. The molecule has 0 saturated carbocycles. The van der Waals surface area contributed by atoms with Gasteiger partial charge in [-0.15, -0.1) is 10.2 Å². The lowest BCUT2D eigenvalue weighted by atomic mass is 10.1. The van der Waals surface area contributed by atoms with E-state index in [2.05, 4.69) is 14.9 Å². The van der Waals surface area contributed by atoms with Gasteiger partial charge in [-0.25, -0.2) is 4.79 Å². The molecule has 6 nitrogen and oxygen atoms in total. The van der Waals surface area contributed by atoms with E-state index >= 15 is 0 Å². The molecule has 0 saturated heterocycles. The standard InChI is InChI=1S/C12H11N3O3/c1-18-12(17)8-6-7-9-4-2-3-5-15(9)11(16)10(7)14-13-8/h4,6H,2-3,5H2,1H3. The third-order valence-electron chi connectivity index (χ3n) is 3.13. The number of ether oxygens (including phenoxy) is 1. The molecule has 2 aliphatic rings. The van der Waals surface area contributed by atoms with Crippen molar-refractivity contribution in [3.63, 3.8) is 0 Å². The third kappa shape index (κ3) is 1.42. The van der Waals surface area contributed by atoms with Crippen LogP contribution in [0.3, 0.4) is 0 Å². The Morgan fingerprint density at radius 1 is 1.44 bits per heavy atom. The van der Waals surface area contributed by atoms with E-state index in [-0.39, 0.29) is 11.6 Å². The first-order chi connectivity index (χ1) is 8.72. The third-order valence-corrected chi connectivity index (χ3v) is 3.13. The summed E-state index contributed by atoms with van der Waals surface area (Å²) >= 11 is 0. The van der Waals surface area contributed by atoms with Gasteiger partial charge in [-0.2, -0.15) is 0 Å². The summed E-state index contributed by atoms with van der Waals surface area (Å²) in [7, 11) is 1.29. The highest BCUT2D eigenvalue weighted by Crippen LogP contribution is 2.34. The number of amides is 1. The summed E-state index contributed by atoms with van der Waals surface area (Å²) in [6.45, 7) is 0.689. The van der Waals surface area contributed by atoms with E-state index in [0.29, 0.717) is 17.8 Å². The maximum absolute atomic E-state index is 12.0. The molecule has 2 aliphatic heterocycles. The molecule has 1 amide bonds. The lowest BCUT2D eigenvalue weighted by molar-refractivity contribution is 0.0591. The van der Waals surface area contributed by atoms with Crippen molar-refractivity contribution in [2.24, 2.45) is 0 Å². The predicted molar refractivity (Wildman–Crippen MR) is 61.6 cm³/mol. The van der Waals surface area contributed by atoms with Gasteiger partial charge >= 0.3 is 5.97 Å². The average Bonchev–Trinajstić information content (AvgIpc) is 2.72. The van der Waals surface area contributed by atoms with Crippen molar-refractivity contribution in [3.8, 4) is 0 Å². The van der Waals surface area contributed by atoms with Crippen molar-refractivity contribution in [2.45, 2.75) is 12.8 Å². The van der Waals surface area contributed by atoms with Gasteiger partial charge in [0.15, 0.2) is 11.4 Å². The van der Waals surface area contributed by atoms with Crippen molar-refractivity contribution >= 4 is 17.6 Å². The number of hydrogen-bond acceptors (Lipinski definition) is 5. The van der Waals surface area contributed by atoms with Crippen molar-refractivity contribution in [1.82, 2.24) is 15.1 Å². The summed E-state index contributed by atoms with van der Waals surface area (Å²) < 4.78 is 4.60. The minimum Gasteiger partial charge on any atom is -0.464 e. The Morgan fingerprint density at radius 2 is 2.28 bits per heavy atom. The van der Waals surface area contributed by atoms with Gasteiger partial charge in [0.1, 0.15) is 0 Å². The second-order valence-corrected chi connectivity index (χ2v) is 4.17. The van der Waals surface area contributed by atoms with Crippen LogP contribution >= 0.6 is 0 Å². The van der Waals surface area contributed by atoms with Crippen LogP contribution in [-0.2, 0) is 4.74 Å². The first-order valence-corrected chi connectivity index (χ1v) is 5.71. The topological polar surface area (TPSA) is 72.4 Å². The molecule has 92 valence electrons. The van der Waals surface area contributed by atoms with Crippen LogP contribution in [0.5, 0.6) is 0 Å². The molecule has 0 unspecified atom stereocenters. The van der Waals surface area contributed by atoms with Gasteiger partial charge in [0.05, 0.1) is 7.11 Å². The van der Waals surface area contributed by atoms with Crippen LogP contribution in [0.4, 0.5) is 0 Å². The molecule has 0 bridgehead atoms. The molecule has 0 spiro atoms. The van der Waals surface area contributed by atoms with Gasteiger partial charge in [-0.05, 0) is 18.9 Å². The monoisotopic (exact) mass is 245 g/mol. The number of rotatable bonds is 1. The van der Waals surface area contributed by atoms with Gasteiger partial charge in [-0.1, -0.05) is 6.08 Å². The molecule has 0 fully saturated rings. The number of methoxy groups -OCH3 is 1. The van der Waals surface area contributed by atoms with Gasteiger partial charge < -0.3 is 9.64 Å². The normalized spacial score (nSPS) is 17.1. The first kappa shape index (κ1) is 10.9. The molecule has 3 heterocycles. The summed E-state index contributed by atoms with van der Waals surface area (Å²) in [5, 5.41) is 7.58. The van der Waals surface area contributed by atoms with Crippen LogP contribution in [0, 0.1) is 0 Å². The van der Waals surface area contributed by atoms with Gasteiger partial charge in [0.25, 0.3) is 5.91 Å². The fraction of sp³-hybridized carbons (Fsp3) is 0.333. The highest BCUT2D eigenvalue weighted by molar-refractivity contribution is 6.08. The minimum atomic E-state index is -0.549. The minimum absolute atomic E-state index is 0.123. The molecule has 0 N–H and O–H groups in total. The lowest BCUT2D eigenvalue weighted by Gasteiger charge is -2.21.